The second-order valence-electron chi connectivity index (χ2n) is 6.90. The third-order valence-corrected chi connectivity index (χ3v) is 4.86. The first kappa shape index (κ1) is 20.3. The Kier molecular flexibility index (Phi) is 5.28. The number of nitrogen functional groups attached to an aromatic ring is 1. The number of amides is 2. The molecule has 0 saturated carbocycles. The molecule has 3 aromatic rings. The van der Waals surface area contributed by atoms with Crippen LogP contribution in [0.5, 0.6) is 0 Å². The van der Waals surface area contributed by atoms with Crippen molar-refractivity contribution in [2.24, 2.45) is 5.73 Å². The van der Waals surface area contributed by atoms with Crippen LogP contribution in [0.2, 0.25) is 0 Å². The SMILES string of the molecule is N=C(N)c1ccc(NC(=O)[C@H](O)C2OCCN(c3ccc4[nH]c(=O)oc4c3)C2=O)cc1. The van der Waals surface area contributed by atoms with Gasteiger partial charge in [-0.05, 0) is 36.4 Å². The number of nitrogens with zero attached hydrogens (tertiary/aromatic N) is 1. The van der Waals surface area contributed by atoms with Crippen molar-refractivity contribution in [1.29, 1.82) is 5.41 Å². The Labute approximate surface area is 174 Å². The molecule has 1 unspecified atom stereocenters. The van der Waals surface area contributed by atoms with Gasteiger partial charge >= 0.3 is 5.76 Å². The van der Waals surface area contributed by atoms with Crippen molar-refractivity contribution in [2.45, 2.75) is 12.2 Å². The second-order valence-corrected chi connectivity index (χ2v) is 6.90. The number of oxazole rings is 1. The van der Waals surface area contributed by atoms with Crippen molar-refractivity contribution in [1.82, 2.24) is 4.98 Å². The number of hydrogen-bond donors (Lipinski definition) is 5. The van der Waals surface area contributed by atoms with Crippen molar-refractivity contribution < 1.29 is 23.8 Å². The van der Waals surface area contributed by atoms with Crippen LogP contribution >= 0.6 is 0 Å². The lowest BCUT2D eigenvalue weighted by Crippen LogP contribution is -2.55. The number of nitrogens with one attached hydrogen (secondary N) is 3. The van der Waals surface area contributed by atoms with Crippen LogP contribution < -0.4 is 21.7 Å². The highest BCUT2D eigenvalue weighted by Crippen LogP contribution is 2.24. The van der Waals surface area contributed by atoms with Gasteiger partial charge in [0, 0.05) is 29.5 Å². The summed E-state index contributed by atoms with van der Waals surface area (Å²) < 4.78 is 10.4. The minimum absolute atomic E-state index is 0.100. The molecular formula is C20H19N5O6. The van der Waals surface area contributed by atoms with E-state index in [1.165, 1.54) is 23.1 Å². The lowest BCUT2D eigenvalue weighted by Gasteiger charge is -2.34. The van der Waals surface area contributed by atoms with Crippen LogP contribution in [-0.4, -0.2) is 53.1 Å². The van der Waals surface area contributed by atoms with Crippen molar-refractivity contribution in [3.63, 3.8) is 0 Å². The van der Waals surface area contributed by atoms with E-state index in [2.05, 4.69) is 10.3 Å². The van der Waals surface area contributed by atoms with E-state index in [0.29, 0.717) is 22.5 Å². The monoisotopic (exact) mass is 425 g/mol. The fraction of sp³-hybridized carbons (Fsp3) is 0.200. The molecule has 0 radical (unpaired) electrons. The molecule has 0 bridgehead atoms. The lowest BCUT2D eigenvalue weighted by atomic mass is 10.1. The quantitative estimate of drug-likeness (QED) is 0.285. The molecule has 1 fully saturated rings. The number of aliphatic hydroxyl groups excluding tert-OH is 1. The number of carbonyl (C=O) groups is 2. The van der Waals surface area contributed by atoms with Gasteiger partial charge in [-0.1, -0.05) is 0 Å². The maximum Gasteiger partial charge on any atom is 0.417 e. The van der Waals surface area contributed by atoms with E-state index < -0.39 is 29.8 Å². The predicted molar refractivity (Wildman–Crippen MR) is 111 cm³/mol. The van der Waals surface area contributed by atoms with Crippen LogP contribution in [0.1, 0.15) is 5.56 Å². The van der Waals surface area contributed by atoms with Gasteiger partial charge in [0.2, 0.25) is 0 Å². The number of benzene rings is 2. The Balaban J connectivity index is 1.48. The van der Waals surface area contributed by atoms with Gasteiger partial charge in [-0.15, -0.1) is 0 Å². The summed E-state index contributed by atoms with van der Waals surface area (Å²) in [4.78, 5) is 40.6. The standard InChI is InChI=1S/C20H19N5O6/c21-17(22)10-1-3-11(4-2-10)23-18(27)15(26)16-19(28)25(7-8-30-16)12-5-6-13-14(9-12)31-20(29)24-13/h1-6,9,15-16,26H,7-8H2,(H3,21,22)(H,23,27)(H,24,29)/t15-,16?/m1/s1. The number of aromatic nitrogens is 1. The summed E-state index contributed by atoms with van der Waals surface area (Å²) in [5, 5.41) is 20.3. The Morgan fingerprint density at radius 1 is 1.26 bits per heavy atom. The molecule has 1 saturated heterocycles. The summed E-state index contributed by atoms with van der Waals surface area (Å²) in [6.07, 6.45) is -3.16. The molecule has 2 amide bonds. The van der Waals surface area contributed by atoms with E-state index in [0.717, 1.165) is 0 Å². The number of morpholine rings is 1. The Hall–Kier alpha value is -3.96. The molecule has 31 heavy (non-hydrogen) atoms. The average molecular weight is 425 g/mol. The Morgan fingerprint density at radius 2 is 2.00 bits per heavy atom. The number of H-pyrrole nitrogens is 1. The second kappa shape index (κ2) is 8.05. The summed E-state index contributed by atoms with van der Waals surface area (Å²) >= 11 is 0. The first-order chi connectivity index (χ1) is 14.8. The minimum Gasteiger partial charge on any atom is -0.408 e. The van der Waals surface area contributed by atoms with Crippen molar-refractivity contribution in [3.8, 4) is 0 Å². The fourth-order valence-corrected chi connectivity index (χ4v) is 3.28. The topological polar surface area (TPSA) is 175 Å². The zero-order chi connectivity index (χ0) is 22.1. The van der Waals surface area contributed by atoms with E-state index in [4.69, 9.17) is 20.3 Å². The van der Waals surface area contributed by atoms with Gasteiger partial charge in [0.25, 0.3) is 11.8 Å². The molecule has 6 N–H and O–H groups in total. The Bertz CT molecular complexity index is 1210. The molecule has 0 aliphatic carbocycles. The summed E-state index contributed by atoms with van der Waals surface area (Å²) in [5.74, 6) is -2.14. The van der Waals surface area contributed by atoms with E-state index in [1.54, 1.807) is 24.3 Å². The molecule has 2 heterocycles. The molecule has 0 spiro atoms. The molecule has 11 nitrogen and oxygen atoms in total. The molecule has 2 aromatic carbocycles. The third-order valence-electron chi connectivity index (χ3n) is 4.86. The summed E-state index contributed by atoms with van der Waals surface area (Å²) in [7, 11) is 0. The number of hydrogen-bond acceptors (Lipinski definition) is 7. The average Bonchev–Trinajstić information content (AvgIpc) is 3.13. The number of aliphatic hydroxyl groups is 1. The normalized spacial score (nSPS) is 17.5. The molecular weight excluding hydrogens is 406 g/mol. The number of anilines is 2. The highest BCUT2D eigenvalue weighted by Gasteiger charge is 2.39. The van der Waals surface area contributed by atoms with Gasteiger partial charge < -0.3 is 30.2 Å². The van der Waals surface area contributed by atoms with Gasteiger partial charge in [0.1, 0.15) is 5.84 Å². The van der Waals surface area contributed by atoms with Gasteiger partial charge in [0.15, 0.2) is 17.8 Å². The van der Waals surface area contributed by atoms with E-state index in [-0.39, 0.29) is 24.6 Å². The van der Waals surface area contributed by atoms with Crippen LogP contribution in [0.3, 0.4) is 0 Å². The van der Waals surface area contributed by atoms with Gasteiger partial charge in [0.05, 0.1) is 12.1 Å². The van der Waals surface area contributed by atoms with E-state index >= 15 is 0 Å². The summed E-state index contributed by atoms with van der Waals surface area (Å²) in [5.41, 5.74) is 7.45. The van der Waals surface area contributed by atoms with Crippen LogP contribution in [0.4, 0.5) is 11.4 Å². The van der Waals surface area contributed by atoms with E-state index in [9.17, 15) is 19.5 Å². The highest BCUT2D eigenvalue weighted by atomic mass is 16.5. The van der Waals surface area contributed by atoms with Crippen molar-refractivity contribution >= 4 is 40.1 Å². The molecule has 1 aliphatic rings. The van der Waals surface area contributed by atoms with Crippen molar-refractivity contribution in [3.05, 3.63) is 58.6 Å². The minimum atomic E-state index is -1.75. The number of aromatic amines is 1. The molecule has 2 atom stereocenters. The number of fused-ring (bicyclic) bond motifs is 1. The predicted octanol–water partition coefficient (Wildman–Crippen LogP) is 0.137. The summed E-state index contributed by atoms with van der Waals surface area (Å²) in [6, 6.07) is 10.9. The maximum absolute atomic E-state index is 12.9. The number of amidine groups is 1. The zero-order valence-electron chi connectivity index (χ0n) is 16.1. The molecule has 1 aromatic heterocycles. The van der Waals surface area contributed by atoms with Gasteiger partial charge in [-0.3, -0.25) is 20.0 Å². The van der Waals surface area contributed by atoms with Crippen LogP contribution in [0.25, 0.3) is 11.1 Å². The van der Waals surface area contributed by atoms with Crippen molar-refractivity contribution in [2.75, 3.05) is 23.4 Å². The first-order valence-corrected chi connectivity index (χ1v) is 9.33. The van der Waals surface area contributed by atoms with Gasteiger partial charge in [-0.2, -0.15) is 0 Å². The lowest BCUT2D eigenvalue weighted by molar-refractivity contribution is -0.150. The molecule has 4 rings (SSSR count). The summed E-state index contributed by atoms with van der Waals surface area (Å²) in [6.45, 7) is 0.305. The fourth-order valence-electron chi connectivity index (χ4n) is 3.28. The van der Waals surface area contributed by atoms with E-state index in [1.807, 2.05) is 0 Å². The number of ether oxygens (including phenoxy) is 1. The third kappa shape index (κ3) is 4.04. The molecule has 160 valence electrons. The largest absolute Gasteiger partial charge is 0.417 e. The molecule has 11 heteroatoms. The van der Waals surface area contributed by atoms with Crippen LogP contribution in [-0.2, 0) is 14.3 Å². The molecule has 1 aliphatic heterocycles. The number of carbonyl (C=O) groups excluding carboxylic acids is 2. The zero-order valence-corrected chi connectivity index (χ0v) is 16.1. The number of nitrogens with two attached hydrogens (primary N) is 1. The van der Waals surface area contributed by atoms with Gasteiger partial charge in [-0.25, -0.2) is 4.79 Å². The van der Waals surface area contributed by atoms with Crippen LogP contribution in [0.15, 0.2) is 51.7 Å². The smallest absolute Gasteiger partial charge is 0.408 e. The highest BCUT2D eigenvalue weighted by molar-refractivity contribution is 6.04. The number of rotatable bonds is 5. The first-order valence-electron chi connectivity index (χ1n) is 9.33. The maximum atomic E-state index is 12.9. The Morgan fingerprint density at radius 3 is 2.71 bits per heavy atom. The van der Waals surface area contributed by atoms with Crippen LogP contribution in [0, 0.1) is 5.41 Å².